The fraction of sp³-hybridized carbons (Fsp3) is 0.0625. The van der Waals surface area contributed by atoms with Gasteiger partial charge in [-0.3, -0.25) is 0 Å². The maximum Gasteiger partial charge on any atom is 0.137 e. The zero-order valence-corrected chi connectivity index (χ0v) is 11.2. The van der Waals surface area contributed by atoms with Gasteiger partial charge in [-0.25, -0.2) is 4.98 Å². The van der Waals surface area contributed by atoms with Crippen LogP contribution in [-0.4, -0.2) is 9.97 Å². The number of hydrogen-bond donors (Lipinski definition) is 1. The van der Waals surface area contributed by atoms with Gasteiger partial charge in [0.05, 0.1) is 5.69 Å². The lowest BCUT2D eigenvalue weighted by Crippen LogP contribution is -1.87. The molecule has 96 valence electrons. The predicted octanol–water partition coefficient (Wildman–Crippen LogP) is 4.09. The summed E-state index contributed by atoms with van der Waals surface area (Å²) in [5.41, 5.74) is 3.47. The fourth-order valence-corrected chi connectivity index (χ4v) is 2.00. The predicted molar refractivity (Wildman–Crippen MR) is 80.5 cm³/mol. The molecular formula is C16H15ClN2. The Bertz CT molecular complexity index is 618. The van der Waals surface area contributed by atoms with Gasteiger partial charge >= 0.3 is 0 Å². The van der Waals surface area contributed by atoms with Gasteiger partial charge in [-0.05, 0) is 5.56 Å². The Labute approximate surface area is 118 Å². The quantitative estimate of drug-likeness (QED) is 0.763. The molecule has 0 saturated heterocycles. The van der Waals surface area contributed by atoms with Crippen molar-refractivity contribution in [3.63, 3.8) is 0 Å². The van der Waals surface area contributed by atoms with Crippen molar-refractivity contribution in [2.75, 3.05) is 0 Å². The van der Waals surface area contributed by atoms with Gasteiger partial charge in [0.25, 0.3) is 0 Å². The third-order valence-corrected chi connectivity index (χ3v) is 2.91. The van der Waals surface area contributed by atoms with E-state index in [0.717, 1.165) is 23.5 Å². The summed E-state index contributed by atoms with van der Waals surface area (Å²) < 4.78 is 0. The van der Waals surface area contributed by atoms with Crippen LogP contribution >= 0.6 is 12.4 Å². The van der Waals surface area contributed by atoms with Crippen molar-refractivity contribution in [2.45, 2.75) is 6.42 Å². The zero-order valence-electron chi connectivity index (χ0n) is 10.4. The standard InChI is InChI=1S/C16H14N2.ClH/c1-3-7-13(8-4-1)11-15-12-17-16(18-15)14-9-5-2-6-10-14;/h1-10,12H,11H2,(H,17,18);1H. The summed E-state index contributed by atoms with van der Waals surface area (Å²) in [6, 6.07) is 20.6. The smallest absolute Gasteiger partial charge is 0.137 e. The number of aromatic nitrogens is 2. The summed E-state index contributed by atoms with van der Waals surface area (Å²) in [5, 5.41) is 0. The Hall–Kier alpha value is -2.06. The monoisotopic (exact) mass is 270 g/mol. The van der Waals surface area contributed by atoms with E-state index in [0.29, 0.717) is 0 Å². The van der Waals surface area contributed by atoms with Crippen LogP contribution in [0.25, 0.3) is 11.4 Å². The van der Waals surface area contributed by atoms with E-state index in [2.05, 4.69) is 46.4 Å². The molecule has 2 aromatic carbocycles. The number of halogens is 1. The molecular weight excluding hydrogens is 256 g/mol. The van der Waals surface area contributed by atoms with Crippen molar-refractivity contribution >= 4 is 12.4 Å². The highest BCUT2D eigenvalue weighted by Crippen LogP contribution is 2.16. The second kappa shape index (κ2) is 6.21. The van der Waals surface area contributed by atoms with Crippen molar-refractivity contribution in [1.82, 2.24) is 9.97 Å². The molecule has 3 rings (SSSR count). The largest absolute Gasteiger partial charge is 0.344 e. The van der Waals surface area contributed by atoms with E-state index >= 15 is 0 Å². The molecule has 1 N–H and O–H groups in total. The van der Waals surface area contributed by atoms with Crippen LogP contribution < -0.4 is 0 Å². The summed E-state index contributed by atoms with van der Waals surface area (Å²) in [6.07, 6.45) is 2.85. The lowest BCUT2D eigenvalue weighted by atomic mass is 10.1. The first kappa shape index (κ1) is 13.4. The summed E-state index contributed by atoms with van der Waals surface area (Å²) in [4.78, 5) is 7.85. The highest BCUT2D eigenvalue weighted by molar-refractivity contribution is 5.85. The van der Waals surface area contributed by atoms with Crippen LogP contribution in [0.4, 0.5) is 0 Å². The van der Waals surface area contributed by atoms with Crippen LogP contribution in [0, 0.1) is 0 Å². The molecule has 0 spiro atoms. The van der Waals surface area contributed by atoms with Crippen molar-refractivity contribution in [3.8, 4) is 11.4 Å². The maximum atomic E-state index is 4.62. The van der Waals surface area contributed by atoms with Crippen LogP contribution in [0.15, 0.2) is 66.9 Å². The first-order chi connectivity index (χ1) is 8.92. The van der Waals surface area contributed by atoms with Crippen LogP contribution in [-0.2, 0) is 6.42 Å². The molecule has 3 heteroatoms. The topological polar surface area (TPSA) is 28.7 Å². The Morgan fingerprint density at radius 3 is 2.16 bits per heavy atom. The summed E-state index contributed by atoms with van der Waals surface area (Å²) in [5.74, 6) is 0.932. The van der Waals surface area contributed by atoms with E-state index < -0.39 is 0 Å². The zero-order chi connectivity index (χ0) is 12.2. The number of aromatic amines is 1. The number of H-pyrrole nitrogens is 1. The molecule has 0 aliphatic carbocycles. The molecule has 0 atom stereocenters. The van der Waals surface area contributed by atoms with Gasteiger partial charge in [0, 0.05) is 18.2 Å². The molecule has 2 nitrogen and oxygen atoms in total. The van der Waals surface area contributed by atoms with Gasteiger partial charge in [0.15, 0.2) is 0 Å². The van der Waals surface area contributed by atoms with Crippen molar-refractivity contribution in [1.29, 1.82) is 0 Å². The van der Waals surface area contributed by atoms with Gasteiger partial charge in [0.2, 0.25) is 0 Å². The third kappa shape index (κ3) is 3.24. The fourth-order valence-electron chi connectivity index (χ4n) is 2.00. The molecule has 0 saturated carbocycles. The highest BCUT2D eigenvalue weighted by Gasteiger charge is 2.03. The van der Waals surface area contributed by atoms with Gasteiger partial charge in [-0.15, -0.1) is 12.4 Å². The number of hydrogen-bond acceptors (Lipinski definition) is 1. The summed E-state index contributed by atoms with van der Waals surface area (Å²) in [6.45, 7) is 0. The third-order valence-electron chi connectivity index (χ3n) is 2.91. The lowest BCUT2D eigenvalue weighted by Gasteiger charge is -1.97. The summed E-state index contributed by atoms with van der Waals surface area (Å²) in [7, 11) is 0. The minimum absolute atomic E-state index is 0. The van der Waals surface area contributed by atoms with E-state index in [-0.39, 0.29) is 12.4 Å². The van der Waals surface area contributed by atoms with Crippen LogP contribution in [0.1, 0.15) is 11.3 Å². The lowest BCUT2D eigenvalue weighted by molar-refractivity contribution is 1.11. The van der Waals surface area contributed by atoms with E-state index in [1.807, 2.05) is 30.5 Å². The average Bonchev–Trinajstić information content (AvgIpc) is 2.89. The number of benzene rings is 2. The van der Waals surface area contributed by atoms with E-state index in [1.54, 1.807) is 0 Å². The molecule has 3 aromatic rings. The second-order valence-electron chi connectivity index (χ2n) is 4.27. The molecule has 0 aliphatic rings. The van der Waals surface area contributed by atoms with Gasteiger partial charge in [-0.1, -0.05) is 60.7 Å². The highest BCUT2D eigenvalue weighted by atomic mass is 35.5. The van der Waals surface area contributed by atoms with E-state index in [1.165, 1.54) is 5.56 Å². The van der Waals surface area contributed by atoms with Crippen molar-refractivity contribution in [2.24, 2.45) is 0 Å². The number of imidazole rings is 1. The molecule has 0 aliphatic heterocycles. The Balaban J connectivity index is 0.00000133. The number of nitrogens with one attached hydrogen (secondary N) is 1. The van der Waals surface area contributed by atoms with Gasteiger partial charge in [-0.2, -0.15) is 0 Å². The Morgan fingerprint density at radius 2 is 1.47 bits per heavy atom. The second-order valence-corrected chi connectivity index (χ2v) is 4.27. The maximum absolute atomic E-state index is 4.62. The molecule has 1 heterocycles. The minimum atomic E-state index is 0. The van der Waals surface area contributed by atoms with E-state index in [9.17, 15) is 0 Å². The normalized spacial score (nSPS) is 9.89. The van der Waals surface area contributed by atoms with Crippen LogP contribution in [0.2, 0.25) is 0 Å². The van der Waals surface area contributed by atoms with E-state index in [4.69, 9.17) is 0 Å². The molecule has 0 bridgehead atoms. The molecule has 0 unspecified atom stereocenters. The van der Waals surface area contributed by atoms with Gasteiger partial charge in [0.1, 0.15) is 5.82 Å². The molecule has 0 fully saturated rings. The number of nitrogens with zero attached hydrogens (tertiary/aromatic N) is 1. The molecule has 1 aromatic heterocycles. The molecule has 0 radical (unpaired) electrons. The van der Waals surface area contributed by atoms with Crippen LogP contribution in [0.3, 0.4) is 0 Å². The Morgan fingerprint density at radius 1 is 0.842 bits per heavy atom. The van der Waals surface area contributed by atoms with Gasteiger partial charge < -0.3 is 4.98 Å². The van der Waals surface area contributed by atoms with Crippen LogP contribution in [0.5, 0.6) is 0 Å². The molecule has 19 heavy (non-hydrogen) atoms. The minimum Gasteiger partial charge on any atom is -0.344 e. The Kier molecular flexibility index (Phi) is 4.37. The first-order valence-electron chi connectivity index (χ1n) is 6.05. The molecule has 0 amide bonds. The SMILES string of the molecule is Cl.c1ccc(Cc2c[nH]c(-c3ccccc3)n2)cc1. The summed E-state index contributed by atoms with van der Waals surface area (Å²) >= 11 is 0. The van der Waals surface area contributed by atoms with Crippen molar-refractivity contribution in [3.05, 3.63) is 78.1 Å². The first-order valence-corrected chi connectivity index (χ1v) is 6.05. The number of rotatable bonds is 3. The van der Waals surface area contributed by atoms with Crippen molar-refractivity contribution < 1.29 is 0 Å². The average molecular weight is 271 g/mol.